The molecule has 0 saturated carbocycles. The summed E-state index contributed by atoms with van der Waals surface area (Å²) < 4.78 is 0. The van der Waals surface area contributed by atoms with Gasteiger partial charge in [-0.25, -0.2) is 0 Å². The molecule has 6 heteroatoms. The summed E-state index contributed by atoms with van der Waals surface area (Å²) in [6.07, 6.45) is -0.662. The van der Waals surface area contributed by atoms with Gasteiger partial charge in [0.15, 0.2) is 5.60 Å². The van der Waals surface area contributed by atoms with Gasteiger partial charge in [0.05, 0.1) is 12.1 Å². The van der Waals surface area contributed by atoms with Gasteiger partial charge in [-0.05, 0) is 18.6 Å². The number of halogens is 1. The van der Waals surface area contributed by atoms with Crippen LogP contribution in [0.25, 0.3) is 0 Å². The van der Waals surface area contributed by atoms with E-state index in [4.69, 9.17) is 16.7 Å². The molecule has 1 aliphatic rings. The van der Waals surface area contributed by atoms with Gasteiger partial charge in [-0.1, -0.05) is 17.7 Å². The first kappa shape index (κ1) is 12.9. The van der Waals surface area contributed by atoms with Gasteiger partial charge in [0, 0.05) is 17.6 Å². The van der Waals surface area contributed by atoms with Gasteiger partial charge in [0.1, 0.15) is 0 Å². The monoisotopic (exact) mass is 269 g/mol. The molecule has 1 atom stereocenters. The van der Waals surface area contributed by atoms with Crippen molar-refractivity contribution in [2.75, 3.05) is 11.9 Å². The van der Waals surface area contributed by atoms with Crippen LogP contribution in [0.15, 0.2) is 12.1 Å². The highest BCUT2D eigenvalue weighted by Crippen LogP contribution is 2.45. The fraction of sp³-hybridized carbons (Fsp3) is 0.333. The van der Waals surface area contributed by atoms with Crippen molar-refractivity contribution in [2.24, 2.45) is 0 Å². The summed E-state index contributed by atoms with van der Waals surface area (Å²) in [5.41, 5.74) is -0.590. The Balaban J connectivity index is 2.67. The summed E-state index contributed by atoms with van der Waals surface area (Å²) in [4.78, 5) is 24.1. The number of hydrogen-bond donors (Lipinski definition) is 2. The van der Waals surface area contributed by atoms with Gasteiger partial charge in [-0.2, -0.15) is 0 Å². The van der Waals surface area contributed by atoms with Gasteiger partial charge in [-0.15, -0.1) is 0 Å². The van der Waals surface area contributed by atoms with Crippen LogP contribution < -0.4 is 4.90 Å². The highest BCUT2D eigenvalue weighted by Gasteiger charge is 2.50. The molecule has 0 aromatic heterocycles. The van der Waals surface area contributed by atoms with Crippen molar-refractivity contribution < 1.29 is 19.8 Å². The number of carboxylic acid groups (broad SMARTS) is 1. The number of carboxylic acids is 1. The van der Waals surface area contributed by atoms with Gasteiger partial charge < -0.3 is 15.1 Å². The van der Waals surface area contributed by atoms with Gasteiger partial charge in [0.25, 0.3) is 5.91 Å². The molecule has 0 spiro atoms. The topological polar surface area (TPSA) is 77.8 Å². The molecule has 0 fully saturated rings. The number of rotatable bonds is 2. The first-order valence-electron chi connectivity index (χ1n) is 5.31. The number of fused-ring (bicyclic) bond motifs is 1. The van der Waals surface area contributed by atoms with Crippen LogP contribution in [0.4, 0.5) is 5.69 Å². The van der Waals surface area contributed by atoms with Crippen molar-refractivity contribution in [3.05, 3.63) is 28.3 Å². The van der Waals surface area contributed by atoms with Crippen LogP contribution in [0.1, 0.15) is 17.5 Å². The Labute approximate surface area is 109 Å². The second kappa shape index (κ2) is 3.96. The van der Waals surface area contributed by atoms with E-state index in [-0.39, 0.29) is 0 Å². The molecule has 1 unspecified atom stereocenters. The maximum Gasteiger partial charge on any atom is 0.307 e. The molecular formula is C12H12ClNO4. The van der Waals surface area contributed by atoms with E-state index in [2.05, 4.69) is 0 Å². The van der Waals surface area contributed by atoms with Crippen LogP contribution in [0.3, 0.4) is 0 Å². The third-order valence-electron chi connectivity index (χ3n) is 3.21. The molecule has 1 aromatic carbocycles. The second-order valence-electron chi connectivity index (χ2n) is 4.36. The van der Waals surface area contributed by atoms with E-state index in [9.17, 15) is 14.7 Å². The minimum Gasteiger partial charge on any atom is -0.481 e. The van der Waals surface area contributed by atoms with E-state index in [1.807, 2.05) is 0 Å². The molecule has 18 heavy (non-hydrogen) atoms. The Bertz CT molecular complexity index is 557. The molecule has 0 bridgehead atoms. The van der Waals surface area contributed by atoms with Crippen LogP contribution in [-0.4, -0.2) is 29.1 Å². The molecule has 1 aromatic rings. The summed E-state index contributed by atoms with van der Waals surface area (Å²) in [6.45, 7) is 1.72. The Morgan fingerprint density at radius 2 is 2.11 bits per heavy atom. The Hall–Kier alpha value is -1.59. The molecule has 0 radical (unpaired) electrons. The standard InChI is InChI=1S/C12H12ClNO4/c1-6-8(13)4-3-7-10(6)14(2)11(17)12(7,18)5-9(15)16/h3-4,18H,5H2,1-2H3,(H,15,16). The molecule has 2 rings (SSSR count). The summed E-state index contributed by atoms with van der Waals surface area (Å²) in [7, 11) is 1.49. The lowest BCUT2D eigenvalue weighted by atomic mass is 9.91. The van der Waals surface area contributed by atoms with Crippen LogP contribution in [-0.2, 0) is 15.2 Å². The lowest BCUT2D eigenvalue weighted by molar-refractivity contribution is -0.150. The predicted octanol–water partition coefficient (Wildman–Crippen LogP) is 1.29. The Morgan fingerprint density at radius 1 is 1.50 bits per heavy atom. The SMILES string of the molecule is Cc1c(Cl)ccc2c1N(C)C(=O)C2(O)CC(=O)O. The zero-order chi connectivity index (χ0) is 13.7. The number of anilines is 1. The highest BCUT2D eigenvalue weighted by molar-refractivity contribution is 6.32. The zero-order valence-electron chi connectivity index (χ0n) is 9.90. The van der Waals surface area contributed by atoms with Crippen molar-refractivity contribution >= 4 is 29.2 Å². The van der Waals surface area contributed by atoms with Gasteiger partial charge >= 0.3 is 5.97 Å². The minimum atomic E-state index is -2.01. The number of aliphatic hydroxyl groups is 1. The Morgan fingerprint density at radius 3 is 2.67 bits per heavy atom. The highest BCUT2D eigenvalue weighted by atomic mass is 35.5. The summed E-state index contributed by atoms with van der Waals surface area (Å²) >= 11 is 5.97. The molecule has 1 heterocycles. The first-order chi connectivity index (χ1) is 8.29. The fourth-order valence-electron chi connectivity index (χ4n) is 2.33. The quantitative estimate of drug-likeness (QED) is 0.848. The van der Waals surface area contributed by atoms with Crippen molar-refractivity contribution in [3.63, 3.8) is 0 Å². The molecule has 5 nitrogen and oxygen atoms in total. The second-order valence-corrected chi connectivity index (χ2v) is 4.77. The largest absolute Gasteiger partial charge is 0.481 e. The Kier molecular flexibility index (Phi) is 2.83. The average Bonchev–Trinajstić information content (AvgIpc) is 2.45. The summed E-state index contributed by atoms with van der Waals surface area (Å²) in [6, 6.07) is 3.05. The summed E-state index contributed by atoms with van der Waals surface area (Å²) in [5, 5.41) is 19.7. The summed E-state index contributed by atoms with van der Waals surface area (Å²) in [5.74, 6) is -1.88. The number of amides is 1. The smallest absolute Gasteiger partial charge is 0.307 e. The van der Waals surface area contributed by atoms with Crippen molar-refractivity contribution in [2.45, 2.75) is 18.9 Å². The van der Waals surface area contributed by atoms with Crippen LogP contribution in [0, 0.1) is 6.92 Å². The number of likely N-dealkylation sites (N-methyl/N-ethyl adjacent to an activating group) is 1. The molecule has 2 N–H and O–H groups in total. The van der Waals surface area contributed by atoms with Crippen molar-refractivity contribution in [3.8, 4) is 0 Å². The number of nitrogens with zero attached hydrogens (tertiary/aromatic N) is 1. The lowest BCUT2D eigenvalue weighted by Crippen LogP contribution is -2.40. The van der Waals surface area contributed by atoms with E-state index in [0.717, 1.165) is 0 Å². The van der Waals surface area contributed by atoms with Crippen LogP contribution in [0.5, 0.6) is 0 Å². The molecule has 0 aliphatic carbocycles. The molecule has 1 aliphatic heterocycles. The van der Waals surface area contributed by atoms with Crippen molar-refractivity contribution in [1.29, 1.82) is 0 Å². The molecule has 96 valence electrons. The molecule has 1 amide bonds. The zero-order valence-corrected chi connectivity index (χ0v) is 10.7. The van der Waals surface area contributed by atoms with Crippen LogP contribution in [0.2, 0.25) is 5.02 Å². The number of hydrogen-bond acceptors (Lipinski definition) is 3. The number of carbonyl (C=O) groups excluding carboxylic acids is 1. The lowest BCUT2D eigenvalue weighted by Gasteiger charge is -2.19. The maximum atomic E-state index is 12.1. The fourth-order valence-corrected chi connectivity index (χ4v) is 2.48. The average molecular weight is 270 g/mol. The molecular weight excluding hydrogens is 258 g/mol. The normalized spacial score (nSPS) is 22.2. The number of carbonyl (C=O) groups is 2. The van der Waals surface area contributed by atoms with E-state index in [1.165, 1.54) is 18.0 Å². The minimum absolute atomic E-state index is 0.291. The van der Waals surface area contributed by atoms with Crippen molar-refractivity contribution in [1.82, 2.24) is 0 Å². The van der Waals surface area contributed by atoms with Gasteiger partial charge in [0.2, 0.25) is 0 Å². The predicted molar refractivity (Wildman–Crippen MR) is 65.7 cm³/mol. The third-order valence-corrected chi connectivity index (χ3v) is 3.62. The van der Waals surface area contributed by atoms with Crippen LogP contribution >= 0.6 is 11.6 Å². The number of benzene rings is 1. The van der Waals surface area contributed by atoms with Gasteiger partial charge in [-0.3, -0.25) is 9.59 Å². The maximum absolute atomic E-state index is 12.1. The van der Waals surface area contributed by atoms with E-state index in [0.29, 0.717) is 21.8 Å². The van der Waals surface area contributed by atoms with E-state index in [1.54, 1.807) is 13.0 Å². The molecule has 0 saturated heterocycles. The third kappa shape index (κ3) is 1.59. The number of aliphatic carboxylic acids is 1. The van der Waals surface area contributed by atoms with E-state index < -0.39 is 23.9 Å². The van der Waals surface area contributed by atoms with E-state index >= 15 is 0 Å². The first-order valence-corrected chi connectivity index (χ1v) is 5.68.